The molecule has 0 aromatic carbocycles. The van der Waals surface area contributed by atoms with Crippen LogP contribution in [0, 0.1) is 5.92 Å². The largest absolute Gasteiger partial charge is 0.387 e. The number of nitrogens with zero attached hydrogens (tertiary/aromatic N) is 2. The van der Waals surface area contributed by atoms with Crippen LogP contribution in [0.15, 0.2) is 29.2 Å². The van der Waals surface area contributed by atoms with E-state index in [-0.39, 0.29) is 5.92 Å². The Hall–Kier alpha value is -1.07. The molecule has 3 aliphatic rings. The van der Waals surface area contributed by atoms with Crippen LogP contribution in [0.1, 0.15) is 13.8 Å². The maximum atomic E-state index is 10.9. The summed E-state index contributed by atoms with van der Waals surface area (Å²) in [4.78, 5) is 6.08. The van der Waals surface area contributed by atoms with Crippen LogP contribution in [0.4, 0.5) is 0 Å². The fourth-order valence-electron chi connectivity index (χ4n) is 3.83. The van der Waals surface area contributed by atoms with Crippen molar-refractivity contribution >= 4 is 19.0 Å². The highest BCUT2D eigenvalue weighted by atomic mass is 31.2. The van der Waals surface area contributed by atoms with E-state index in [9.17, 15) is 5.11 Å². The summed E-state index contributed by atoms with van der Waals surface area (Å²) in [6.07, 6.45) is 5.56. The number of fused-ring (bicyclic) bond motifs is 2. The summed E-state index contributed by atoms with van der Waals surface area (Å²) in [5.74, 6) is 1.10. The maximum absolute atomic E-state index is 10.9. The van der Waals surface area contributed by atoms with Crippen LogP contribution in [-0.4, -0.2) is 72.3 Å². The summed E-state index contributed by atoms with van der Waals surface area (Å²) < 4.78 is 12.3. The third-order valence-corrected chi connectivity index (χ3v) is 6.63. The van der Waals surface area contributed by atoms with Crippen LogP contribution in [0.5, 0.6) is 0 Å². The molecule has 2 saturated heterocycles. The second-order valence-corrected chi connectivity index (χ2v) is 12.1. The van der Waals surface area contributed by atoms with Gasteiger partial charge in [0.2, 0.25) is 0 Å². The number of aliphatic hydroxyl groups is 1. The first-order valence-electron chi connectivity index (χ1n) is 8.20. The maximum Gasteiger partial charge on any atom is 0.165 e. The molecule has 2 bridgehead atoms. The van der Waals surface area contributed by atoms with Crippen LogP contribution >= 0.6 is 6.89 Å². The first-order valence-corrected chi connectivity index (χ1v) is 11.3. The summed E-state index contributed by atoms with van der Waals surface area (Å²) in [6, 6.07) is 0. The van der Waals surface area contributed by atoms with Gasteiger partial charge in [-0.15, -0.1) is 13.2 Å². The number of rotatable bonds is 4. The molecule has 0 radical (unpaired) electrons. The third kappa shape index (κ3) is 2.76. The summed E-state index contributed by atoms with van der Waals surface area (Å²) in [6.45, 7) is 11.5. The number of ether oxygens (including phenoxy) is 2. The van der Waals surface area contributed by atoms with Crippen molar-refractivity contribution in [3.8, 4) is 0 Å². The fourth-order valence-corrected chi connectivity index (χ4v) is 5.62. The lowest BCUT2D eigenvalue weighted by atomic mass is 9.87. The van der Waals surface area contributed by atoms with Gasteiger partial charge in [-0.1, -0.05) is 13.5 Å². The van der Waals surface area contributed by atoms with Crippen molar-refractivity contribution in [1.82, 2.24) is 4.90 Å². The van der Waals surface area contributed by atoms with E-state index in [4.69, 9.17) is 15.2 Å². The number of hydrogen-bond acceptors (Lipinski definition) is 6. The van der Waals surface area contributed by atoms with E-state index in [1.165, 1.54) is 0 Å². The molecular formula is C17H28N3O3P. The summed E-state index contributed by atoms with van der Waals surface area (Å²) in [5, 5.41) is 10.9. The fraction of sp³-hybridized carbons (Fsp3) is 0.647. The molecule has 7 heteroatoms. The van der Waals surface area contributed by atoms with E-state index in [0.717, 1.165) is 11.7 Å². The van der Waals surface area contributed by atoms with Gasteiger partial charge in [-0.3, -0.25) is 0 Å². The van der Waals surface area contributed by atoms with Crippen LogP contribution in [0.25, 0.3) is 0 Å². The molecule has 1 unspecified atom stereocenters. The Morgan fingerprint density at radius 2 is 2.25 bits per heavy atom. The lowest BCUT2D eigenvalue weighted by Gasteiger charge is -2.40. The quantitative estimate of drug-likeness (QED) is 0.743. The van der Waals surface area contributed by atoms with Gasteiger partial charge in [0.15, 0.2) is 6.23 Å². The Bertz CT molecular complexity index is 668. The van der Waals surface area contributed by atoms with Gasteiger partial charge in [-0.2, -0.15) is 0 Å². The number of nitrogens with two attached hydrogens (primary N) is 1. The van der Waals surface area contributed by atoms with E-state index >= 15 is 0 Å². The highest BCUT2D eigenvalue weighted by Crippen LogP contribution is 2.50. The first kappa shape index (κ1) is 17.7. The van der Waals surface area contributed by atoms with E-state index in [0.29, 0.717) is 18.3 Å². The predicted molar refractivity (Wildman–Crippen MR) is 99.6 cm³/mol. The molecule has 134 valence electrons. The topological polar surface area (TPSA) is 80.3 Å². The van der Waals surface area contributed by atoms with Crippen molar-refractivity contribution in [3.63, 3.8) is 0 Å². The van der Waals surface area contributed by atoms with Gasteiger partial charge < -0.3 is 25.2 Å². The molecular weight excluding hydrogens is 325 g/mol. The molecule has 5 atom stereocenters. The Labute approximate surface area is 144 Å². The molecule has 2 fully saturated rings. The monoisotopic (exact) mass is 353 g/mol. The molecule has 3 aliphatic heterocycles. The second-order valence-electron chi connectivity index (χ2n) is 7.84. The van der Waals surface area contributed by atoms with Crippen molar-refractivity contribution in [3.05, 3.63) is 24.2 Å². The molecule has 3 N–H and O–H groups in total. The lowest BCUT2D eigenvalue weighted by molar-refractivity contribution is -0.195. The highest BCUT2D eigenvalue weighted by molar-refractivity contribution is 7.72. The summed E-state index contributed by atoms with van der Waals surface area (Å²) >= 11 is 0. The van der Waals surface area contributed by atoms with Crippen molar-refractivity contribution in [2.24, 2.45) is 16.6 Å². The Balaban J connectivity index is 1.86. The number of amidine groups is 1. The normalized spacial score (nSPS) is 37.5. The van der Waals surface area contributed by atoms with Gasteiger partial charge in [0.05, 0.1) is 6.61 Å². The minimum absolute atomic E-state index is 0.153. The summed E-state index contributed by atoms with van der Waals surface area (Å²) in [5.41, 5.74) is 5.99. The average Bonchev–Trinajstić information content (AvgIpc) is 2.93. The smallest absolute Gasteiger partial charge is 0.165 e. The van der Waals surface area contributed by atoms with Crippen LogP contribution in [-0.2, 0) is 9.47 Å². The molecule has 24 heavy (non-hydrogen) atoms. The van der Waals surface area contributed by atoms with Crippen molar-refractivity contribution in [2.75, 3.05) is 26.1 Å². The van der Waals surface area contributed by atoms with Gasteiger partial charge in [0.1, 0.15) is 29.5 Å². The third-order valence-electron chi connectivity index (χ3n) is 5.10. The second kappa shape index (κ2) is 5.73. The van der Waals surface area contributed by atoms with Crippen LogP contribution in [0.3, 0.4) is 0 Å². The van der Waals surface area contributed by atoms with E-state index in [2.05, 4.69) is 38.1 Å². The molecule has 3 heterocycles. The molecule has 6 nitrogen and oxygen atoms in total. The Kier molecular flexibility index (Phi) is 4.24. The zero-order valence-corrected chi connectivity index (χ0v) is 15.8. The van der Waals surface area contributed by atoms with Crippen molar-refractivity contribution < 1.29 is 14.6 Å². The highest BCUT2D eigenvalue weighted by Gasteiger charge is 2.64. The van der Waals surface area contributed by atoms with Gasteiger partial charge in [0, 0.05) is 11.8 Å². The molecule has 3 rings (SSSR count). The number of hydrogen-bond donors (Lipinski definition) is 2. The SMILES string of the molecule is C=C1N=C(N)C(C)=CN1[C@@H]1O[C@@]2(C(C)CP(=C)(C)C)CO[C@@H]1[C@@H]2O. The van der Waals surface area contributed by atoms with Crippen molar-refractivity contribution in [2.45, 2.75) is 37.9 Å². The minimum Gasteiger partial charge on any atom is -0.387 e. The molecule has 0 spiro atoms. The van der Waals surface area contributed by atoms with Crippen LogP contribution < -0.4 is 5.73 Å². The van der Waals surface area contributed by atoms with Gasteiger partial charge in [-0.25, -0.2) is 4.99 Å². The zero-order chi connectivity index (χ0) is 17.9. The summed E-state index contributed by atoms with van der Waals surface area (Å²) in [7, 11) is 0. The minimum atomic E-state index is -1.25. The molecule has 0 saturated carbocycles. The van der Waals surface area contributed by atoms with Crippen molar-refractivity contribution in [1.29, 1.82) is 0 Å². The van der Waals surface area contributed by atoms with E-state index in [1.54, 1.807) is 0 Å². The average molecular weight is 353 g/mol. The molecule has 0 amide bonds. The number of aliphatic imine (C=N–C) groups is 1. The van der Waals surface area contributed by atoms with Crippen LogP contribution in [0.2, 0.25) is 0 Å². The Morgan fingerprint density at radius 1 is 1.58 bits per heavy atom. The van der Waals surface area contributed by atoms with E-state index < -0.39 is 30.9 Å². The lowest BCUT2D eigenvalue weighted by Crippen LogP contribution is -2.50. The standard InChI is InChI=1S/C17H28N3O3P/c1-10-7-20(12(3)19-15(10)18)16-13-14(21)17(23-16,9-22-13)11(2)8-24(4,5)6/h7,11,13-14,16,21H,3-4,8-9H2,1-2,5-6H3,(H2,18,19)/t11?,13-,14+,16-,17-/m1/s1. The zero-order valence-electron chi connectivity index (χ0n) is 14.9. The molecule has 0 aromatic heterocycles. The first-order chi connectivity index (χ1) is 11.0. The molecule has 0 aromatic rings. The number of aliphatic hydroxyl groups excluding tert-OH is 1. The Morgan fingerprint density at radius 3 is 2.88 bits per heavy atom. The van der Waals surface area contributed by atoms with Gasteiger partial charge in [0.25, 0.3) is 0 Å². The van der Waals surface area contributed by atoms with Gasteiger partial charge in [-0.05, 0) is 32.3 Å². The van der Waals surface area contributed by atoms with E-state index in [1.807, 2.05) is 18.0 Å². The predicted octanol–water partition coefficient (Wildman–Crippen LogP) is 1.23. The van der Waals surface area contributed by atoms with Gasteiger partial charge >= 0.3 is 0 Å². The molecule has 0 aliphatic carbocycles.